The number of amides is 1. The Kier molecular flexibility index (Phi) is 4.16. The third-order valence-electron chi connectivity index (χ3n) is 4.13. The molecule has 3 aromatic rings. The molecule has 0 spiro atoms. The quantitative estimate of drug-likeness (QED) is 0.769. The van der Waals surface area contributed by atoms with Gasteiger partial charge >= 0.3 is 0 Å². The van der Waals surface area contributed by atoms with Gasteiger partial charge in [0.25, 0.3) is 11.3 Å². The maximum Gasteiger partial charge on any atom is 0.277 e. The molecule has 2 aromatic heterocycles. The lowest BCUT2D eigenvalue weighted by Gasteiger charge is -2.13. The number of benzene rings is 1. The molecule has 24 heavy (non-hydrogen) atoms. The minimum absolute atomic E-state index is 0.177. The highest BCUT2D eigenvalue weighted by molar-refractivity contribution is 5.94. The highest BCUT2D eigenvalue weighted by atomic mass is 16.2. The first-order chi connectivity index (χ1) is 11.5. The van der Waals surface area contributed by atoms with Crippen molar-refractivity contribution in [2.75, 3.05) is 5.32 Å². The minimum atomic E-state index is -0.285. The average molecular weight is 325 g/mol. The molecule has 124 valence electrons. The number of carbonyl (C=O) groups is 1. The van der Waals surface area contributed by atoms with E-state index < -0.39 is 0 Å². The lowest BCUT2D eigenvalue weighted by molar-refractivity contribution is -0.117. The number of carbonyl (C=O) groups excluding carboxylic acids is 1. The number of anilines is 1. The van der Waals surface area contributed by atoms with Crippen molar-refractivity contribution in [3.8, 4) is 0 Å². The van der Waals surface area contributed by atoms with Crippen molar-refractivity contribution in [2.45, 2.75) is 33.1 Å². The summed E-state index contributed by atoms with van der Waals surface area (Å²) < 4.78 is 1.24. The molecular formula is C17H19N5O2. The molecule has 2 heterocycles. The van der Waals surface area contributed by atoms with E-state index in [1.54, 1.807) is 13.8 Å². The summed E-state index contributed by atoms with van der Waals surface area (Å²) in [4.78, 5) is 33.2. The maximum atomic E-state index is 12.6. The molecule has 2 N–H and O–H groups in total. The van der Waals surface area contributed by atoms with Crippen molar-refractivity contribution in [2.24, 2.45) is 0 Å². The second-order valence-electron chi connectivity index (χ2n) is 5.70. The molecule has 1 atom stereocenters. The van der Waals surface area contributed by atoms with E-state index in [0.717, 1.165) is 5.56 Å². The van der Waals surface area contributed by atoms with Gasteiger partial charge in [-0.2, -0.15) is 9.50 Å². The van der Waals surface area contributed by atoms with E-state index in [-0.39, 0.29) is 29.1 Å². The van der Waals surface area contributed by atoms with Gasteiger partial charge in [-0.3, -0.25) is 20.0 Å². The minimum Gasteiger partial charge on any atom is -0.294 e. The van der Waals surface area contributed by atoms with Gasteiger partial charge in [0, 0.05) is 11.3 Å². The van der Waals surface area contributed by atoms with Gasteiger partial charge < -0.3 is 0 Å². The van der Waals surface area contributed by atoms with E-state index >= 15 is 0 Å². The number of hydrogen-bond donors (Lipinski definition) is 2. The molecule has 3 rings (SSSR count). The second-order valence-corrected chi connectivity index (χ2v) is 5.70. The Balaban J connectivity index is 1.90. The van der Waals surface area contributed by atoms with E-state index in [1.807, 2.05) is 37.3 Å². The van der Waals surface area contributed by atoms with Gasteiger partial charge in [-0.25, -0.2) is 4.98 Å². The SMILES string of the molecule is CC[C@H](C(=O)Nc1nc2nc(C)c(C)c(=O)n2[nH]1)c1ccccc1. The van der Waals surface area contributed by atoms with Crippen LogP contribution in [-0.4, -0.2) is 25.5 Å². The zero-order valence-electron chi connectivity index (χ0n) is 13.8. The molecule has 0 unspecified atom stereocenters. The summed E-state index contributed by atoms with van der Waals surface area (Å²) in [6.07, 6.45) is 0.659. The van der Waals surface area contributed by atoms with Crippen LogP contribution in [0.4, 0.5) is 5.95 Å². The summed E-state index contributed by atoms with van der Waals surface area (Å²) in [5.41, 5.74) is 1.89. The number of aromatic amines is 1. The Hall–Kier alpha value is -2.96. The highest BCUT2D eigenvalue weighted by Crippen LogP contribution is 2.20. The van der Waals surface area contributed by atoms with Crippen LogP contribution in [0.1, 0.15) is 36.1 Å². The smallest absolute Gasteiger partial charge is 0.277 e. The Morgan fingerprint density at radius 1 is 1.25 bits per heavy atom. The zero-order valence-corrected chi connectivity index (χ0v) is 13.8. The van der Waals surface area contributed by atoms with Crippen LogP contribution in [0.2, 0.25) is 0 Å². The topological polar surface area (TPSA) is 92.2 Å². The van der Waals surface area contributed by atoms with Crippen molar-refractivity contribution in [1.82, 2.24) is 19.6 Å². The number of aromatic nitrogens is 4. The first kappa shape index (κ1) is 15.9. The first-order valence-electron chi connectivity index (χ1n) is 7.83. The molecule has 0 bridgehead atoms. The van der Waals surface area contributed by atoms with E-state index in [9.17, 15) is 9.59 Å². The Labute approximate surface area is 138 Å². The summed E-state index contributed by atoms with van der Waals surface area (Å²) in [5, 5.41) is 5.53. The number of nitrogens with zero attached hydrogens (tertiary/aromatic N) is 3. The second kappa shape index (κ2) is 6.27. The monoisotopic (exact) mass is 325 g/mol. The molecule has 0 saturated heterocycles. The number of fused-ring (bicyclic) bond motifs is 1. The molecule has 0 fully saturated rings. The van der Waals surface area contributed by atoms with Crippen LogP contribution >= 0.6 is 0 Å². The maximum absolute atomic E-state index is 12.6. The molecule has 1 amide bonds. The predicted octanol–water partition coefficient (Wildman–Crippen LogP) is 2.17. The van der Waals surface area contributed by atoms with Gasteiger partial charge in [0.1, 0.15) is 0 Å². The Bertz CT molecular complexity index is 943. The number of hydrogen-bond acceptors (Lipinski definition) is 4. The van der Waals surface area contributed by atoms with Crippen molar-refractivity contribution in [3.63, 3.8) is 0 Å². The number of H-pyrrole nitrogens is 1. The molecule has 7 heteroatoms. The first-order valence-corrected chi connectivity index (χ1v) is 7.83. The third-order valence-corrected chi connectivity index (χ3v) is 4.13. The number of aryl methyl sites for hydroxylation is 1. The molecule has 0 aliphatic carbocycles. The molecule has 0 radical (unpaired) electrons. The highest BCUT2D eigenvalue weighted by Gasteiger charge is 2.20. The van der Waals surface area contributed by atoms with Gasteiger partial charge in [0.05, 0.1) is 5.92 Å². The Morgan fingerprint density at radius 3 is 2.62 bits per heavy atom. The van der Waals surface area contributed by atoms with Gasteiger partial charge in [-0.05, 0) is 25.8 Å². The molecular weight excluding hydrogens is 306 g/mol. The van der Waals surface area contributed by atoms with Gasteiger partial charge in [0.2, 0.25) is 11.9 Å². The lowest BCUT2D eigenvalue weighted by atomic mass is 9.96. The largest absolute Gasteiger partial charge is 0.294 e. The average Bonchev–Trinajstić information content (AvgIpc) is 2.97. The molecule has 0 aliphatic heterocycles. The van der Waals surface area contributed by atoms with Gasteiger partial charge in [-0.15, -0.1) is 0 Å². The summed E-state index contributed by atoms with van der Waals surface area (Å²) in [6, 6.07) is 9.56. The molecule has 1 aromatic carbocycles. The van der Waals surface area contributed by atoms with E-state index in [1.165, 1.54) is 4.52 Å². The normalized spacial score (nSPS) is 12.3. The lowest BCUT2D eigenvalue weighted by Crippen LogP contribution is -2.22. The summed E-state index contributed by atoms with van der Waals surface area (Å²) in [7, 11) is 0. The van der Waals surface area contributed by atoms with Crippen molar-refractivity contribution >= 4 is 17.6 Å². The fourth-order valence-corrected chi connectivity index (χ4v) is 2.62. The standard InChI is InChI=1S/C17H19N5O2/c1-4-13(12-8-6-5-7-9-12)14(23)19-16-20-17-18-11(3)10(2)15(24)22(17)21-16/h5-9,13H,4H2,1-3H3,(H2,18,19,20,21,23)/t13-/m0/s1. The number of nitrogens with one attached hydrogen (secondary N) is 2. The van der Waals surface area contributed by atoms with Crippen LogP contribution in [0.5, 0.6) is 0 Å². The fraction of sp³-hybridized carbons (Fsp3) is 0.294. The van der Waals surface area contributed by atoms with E-state index in [2.05, 4.69) is 20.4 Å². The molecule has 7 nitrogen and oxygen atoms in total. The fourth-order valence-electron chi connectivity index (χ4n) is 2.62. The van der Waals surface area contributed by atoms with Crippen LogP contribution in [0.25, 0.3) is 5.78 Å². The summed E-state index contributed by atoms with van der Waals surface area (Å²) in [6.45, 7) is 5.42. The molecule has 0 aliphatic rings. The van der Waals surface area contributed by atoms with Crippen LogP contribution in [-0.2, 0) is 4.79 Å². The third kappa shape index (κ3) is 2.80. The van der Waals surface area contributed by atoms with Crippen LogP contribution in [0.3, 0.4) is 0 Å². The summed E-state index contributed by atoms with van der Waals surface area (Å²) >= 11 is 0. The van der Waals surface area contributed by atoms with Crippen LogP contribution in [0.15, 0.2) is 35.1 Å². The summed E-state index contributed by atoms with van der Waals surface area (Å²) in [5.74, 6) is -0.00745. The van der Waals surface area contributed by atoms with Crippen molar-refractivity contribution in [3.05, 3.63) is 57.5 Å². The zero-order chi connectivity index (χ0) is 17.3. The Morgan fingerprint density at radius 2 is 1.96 bits per heavy atom. The van der Waals surface area contributed by atoms with E-state index in [0.29, 0.717) is 17.7 Å². The van der Waals surface area contributed by atoms with Crippen LogP contribution in [0, 0.1) is 13.8 Å². The van der Waals surface area contributed by atoms with Gasteiger partial charge in [0.15, 0.2) is 0 Å². The van der Waals surface area contributed by atoms with Crippen molar-refractivity contribution in [1.29, 1.82) is 0 Å². The van der Waals surface area contributed by atoms with Crippen LogP contribution < -0.4 is 10.9 Å². The predicted molar refractivity (Wildman–Crippen MR) is 91.2 cm³/mol. The van der Waals surface area contributed by atoms with Crippen molar-refractivity contribution < 1.29 is 4.79 Å². The van der Waals surface area contributed by atoms with E-state index in [4.69, 9.17) is 0 Å². The molecule has 0 saturated carbocycles. The number of rotatable bonds is 4. The van der Waals surface area contributed by atoms with Gasteiger partial charge in [-0.1, -0.05) is 37.3 Å².